The molecule has 0 saturated heterocycles. The summed E-state index contributed by atoms with van der Waals surface area (Å²) in [6, 6.07) is 9.30. The number of nitrogens with zero attached hydrogens (tertiary/aromatic N) is 1. The second-order valence-electron chi connectivity index (χ2n) is 3.72. The van der Waals surface area contributed by atoms with Gasteiger partial charge in [0.15, 0.2) is 0 Å². The van der Waals surface area contributed by atoms with Gasteiger partial charge >= 0.3 is 5.97 Å². The van der Waals surface area contributed by atoms with Crippen LogP contribution in [0.4, 0.5) is 0 Å². The maximum atomic E-state index is 11.4. The number of hydrogen-bond donors (Lipinski definition) is 1. The van der Waals surface area contributed by atoms with Crippen molar-refractivity contribution in [1.29, 1.82) is 0 Å². The molecule has 5 heteroatoms. The largest absolute Gasteiger partial charge is 0.465 e. The first-order valence-electron chi connectivity index (χ1n) is 5.44. The average Bonchev–Trinajstić information content (AvgIpc) is 2.89. The lowest BCUT2D eigenvalue weighted by atomic mass is 10.1. The summed E-state index contributed by atoms with van der Waals surface area (Å²) in [5.74, 6) is -0.333. The Balaban J connectivity index is 2.08. The van der Waals surface area contributed by atoms with Gasteiger partial charge < -0.3 is 10.2 Å². The molecule has 0 bridgehead atoms. The van der Waals surface area contributed by atoms with Crippen LogP contribution in [0.5, 0.6) is 0 Å². The monoisotopic (exact) mass is 308 g/mol. The molecule has 0 aliphatic heterocycles. The molecule has 2 rings (SSSR count). The van der Waals surface area contributed by atoms with Crippen molar-refractivity contribution in [3.63, 3.8) is 0 Å². The van der Waals surface area contributed by atoms with Gasteiger partial charge in [-0.25, -0.2) is 4.79 Å². The van der Waals surface area contributed by atoms with Crippen LogP contribution in [0.1, 0.15) is 15.9 Å². The Morgan fingerprint density at radius 3 is 2.72 bits per heavy atom. The smallest absolute Gasteiger partial charge is 0.337 e. The molecule has 0 amide bonds. The summed E-state index contributed by atoms with van der Waals surface area (Å²) in [4.78, 5) is 11.4. The summed E-state index contributed by atoms with van der Waals surface area (Å²) in [7, 11) is 1.37. The van der Waals surface area contributed by atoms with Crippen LogP contribution in [-0.4, -0.2) is 17.8 Å². The van der Waals surface area contributed by atoms with Crippen molar-refractivity contribution >= 4 is 21.9 Å². The molecule has 1 N–H and O–H groups in total. The number of nitrogens with one attached hydrogen (secondary N) is 1. The highest BCUT2D eigenvalue weighted by Crippen LogP contribution is 2.19. The second kappa shape index (κ2) is 5.73. The van der Waals surface area contributed by atoms with E-state index in [0.717, 1.165) is 10.0 Å². The van der Waals surface area contributed by atoms with E-state index in [1.807, 2.05) is 35.3 Å². The van der Waals surface area contributed by atoms with Gasteiger partial charge in [-0.1, -0.05) is 22.0 Å². The number of aromatic nitrogens is 1. The van der Waals surface area contributed by atoms with Crippen LogP contribution in [0.2, 0.25) is 0 Å². The average molecular weight is 309 g/mol. The van der Waals surface area contributed by atoms with Gasteiger partial charge in [0.25, 0.3) is 0 Å². The summed E-state index contributed by atoms with van der Waals surface area (Å²) < 4.78 is 7.43. The number of carbonyl (C=O) groups is 1. The zero-order valence-corrected chi connectivity index (χ0v) is 11.5. The SMILES string of the molecule is COC(=O)c1ccc(CNn2cccc2)c(Br)c1. The third-order valence-electron chi connectivity index (χ3n) is 2.53. The van der Waals surface area contributed by atoms with Crippen molar-refractivity contribution < 1.29 is 9.53 Å². The Morgan fingerprint density at radius 2 is 2.11 bits per heavy atom. The Morgan fingerprint density at radius 1 is 1.39 bits per heavy atom. The van der Waals surface area contributed by atoms with Gasteiger partial charge in [-0.05, 0) is 29.8 Å². The molecule has 1 aromatic heterocycles. The van der Waals surface area contributed by atoms with Crippen molar-refractivity contribution in [1.82, 2.24) is 4.68 Å². The fraction of sp³-hybridized carbons (Fsp3) is 0.154. The quantitative estimate of drug-likeness (QED) is 0.883. The Bertz CT molecular complexity index is 538. The Kier molecular flexibility index (Phi) is 4.04. The zero-order chi connectivity index (χ0) is 13.0. The highest BCUT2D eigenvalue weighted by Gasteiger charge is 2.08. The summed E-state index contributed by atoms with van der Waals surface area (Å²) in [6.07, 6.45) is 3.85. The molecule has 0 fully saturated rings. The van der Waals surface area contributed by atoms with Crippen LogP contribution in [0.15, 0.2) is 47.2 Å². The van der Waals surface area contributed by atoms with Gasteiger partial charge in [-0.3, -0.25) is 4.68 Å². The minimum Gasteiger partial charge on any atom is -0.465 e. The molecule has 18 heavy (non-hydrogen) atoms. The second-order valence-corrected chi connectivity index (χ2v) is 4.58. The number of benzene rings is 1. The van der Waals surface area contributed by atoms with Crippen molar-refractivity contribution in [3.05, 3.63) is 58.3 Å². The van der Waals surface area contributed by atoms with E-state index in [2.05, 4.69) is 26.1 Å². The van der Waals surface area contributed by atoms with Crippen LogP contribution in [0.25, 0.3) is 0 Å². The van der Waals surface area contributed by atoms with E-state index < -0.39 is 0 Å². The normalized spacial score (nSPS) is 10.1. The highest BCUT2D eigenvalue weighted by molar-refractivity contribution is 9.10. The van der Waals surface area contributed by atoms with Gasteiger partial charge in [0.1, 0.15) is 0 Å². The molecule has 1 heterocycles. The third-order valence-corrected chi connectivity index (χ3v) is 3.27. The summed E-state index contributed by atoms with van der Waals surface area (Å²) >= 11 is 3.45. The minimum atomic E-state index is -0.333. The molecule has 0 aliphatic rings. The van der Waals surface area contributed by atoms with E-state index in [9.17, 15) is 4.79 Å². The van der Waals surface area contributed by atoms with Crippen molar-refractivity contribution in [3.8, 4) is 0 Å². The van der Waals surface area contributed by atoms with Gasteiger partial charge in [0.2, 0.25) is 0 Å². The Hall–Kier alpha value is -1.75. The van der Waals surface area contributed by atoms with E-state index >= 15 is 0 Å². The predicted molar refractivity (Wildman–Crippen MR) is 73.0 cm³/mol. The van der Waals surface area contributed by atoms with Gasteiger partial charge in [0.05, 0.1) is 19.2 Å². The van der Waals surface area contributed by atoms with Crippen molar-refractivity contribution in [2.45, 2.75) is 6.54 Å². The van der Waals surface area contributed by atoms with Crippen molar-refractivity contribution in [2.24, 2.45) is 0 Å². The molecule has 4 nitrogen and oxygen atoms in total. The maximum Gasteiger partial charge on any atom is 0.337 e. The van der Waals surface area contributed by atoms with Gasteiger partial charge in [-0.15, -0.1) is 0 Å². The third kappa shape index (κ3) is 2.92. The van der Waals surface area contributed by atoms with Crippen molar-refractivity contribution in [2.75, 3.05) is 12.5 Å². The van der Waals surface area contributed by atoms with Crippen LogP contribution in [-0.2, 0) is 11.3 Å². The topological polar surface area (TPSA) is 43.3 Å². The first-order chi connectivity index (χ1) is 8.70. The number of halogens is 1. The van der Waals surface area contributed by atoms with Gasteiger partial charge in [-0.2, -0.15) is 0 Å². The number of methoxy groups -OCH3 is 1. The van der Waals surface area contributed by atoms with E-state index in [-0.39, 0.29) is 5.97 Å². The lowest BCUT2D eigenvalue weighted by Gasteiger charge is -2.10. The minimum absolute atomic E-state index is 0.333. The number of rotatable bonds is 4. The van der Waals surface area contributed by atoms with E-state index in [4.69, 9.17) is 0 Å². The van der Waals surface area contributed by atoms with Crippen LogP contribution in [0.3, 0.4) is 0 Å². The number of esters is 1. The van der Waals surface area contributed by atoms with E-state index in [0.29, 0.717) is 12.1 Å². The van der Waals surface area contributed by atoms with E-state index in [1.54, 1.807) is 12.1 Å². The molecule has 94 valence electrons. The Labute approximate surface area is 114 Å². The molecule has 0 spiro atoms. The molecule has 0 saturated carbocycles. The number of carbonyl (C=O) groups excluding carboxylic acids is 1. The molecule has 2 aromatic rings. The maximum absolute atomic E-state index is 11.4. The summed E-state index contributed by atoms with van der Waals surface area (Å²) in [5.41, 5.74) is 4.82. The molecule has 0 aliphatic carbocycles. The highest BCUT2D eigenvalue weighted by atomic mass is 79.9. The number of hydrogen-bond acceptors (Lipinski definition) is 3. The standard InChI is InChI=1S/C13H13BrN2O2/c1-18-13(17)10-4-5-11(12(14)8-10)9-15-16-6-2-3-7-16/h2-8,15H,9H2,1H3. The molecule has 1 aromatic carbocycles. The van der Waals surface area contributed by atoms with E-state index in [1.165, 1.54) is 7.11 Å². The fourth-order valence-electron chi connectivity index (χ4n) is 1.55. The lowest BCUT2D eigenvalue weighted by molar-refractivity contribution is 0.0600. The number of ether oxygens (including phenoxy) is 1. The van der Waals surface area contributed by atoms with Gasteiger partial charge in [0, 0.05) is 16.9 Å². The molecule has 0 radical (unpaired) electrons. The lowest BCUT2D eigenvalue weighted by Crippen LogP contribution is -2.12. The summed E-state index contributed by atoms with van der Waals surface area (Å²) in [6.45, 7) is 0.663. The molecular formula is C13H13BrN2O2. The van der Waals surface area contributed by atoms with Crippen LogP contribution >= 0.6 is 15.9 Å². The summed E-state index contributed by atoms with van der Waals surface area (Å²) in [5, 5.41) is 0. The molecule has 0 unspecified atom stereocenters. The first kappa shape index (κ1) is 12.7. The fourth-order valence-corrected chi connectivity index (χ4v) is 2.07. The molecular weight excluding hydrogens is 296 g/mol. The first-order valence-corrected chi connectivity index (χ1v) is 6.23. The predicted octanol–water partition coefficient (Wildman–Crippen LogP) is 2.78. The molecule has 0 atom stereocenters. The van der Waals surface area contributed by atoms with Crippen LogP contribution < -0.4 is 5.43 Å². The zero-order valence-electron chi connectivity index (χ0n) is 9.89. The van der Waals surface area contributed by atoms with Crippen LogP contribution in [0, 0.1) is 0 Å².